The van der Waals surface area contributed by atoms with E-state index in [0.29, 0.717) is 37.7 Å². The SMILES string of the molecule is CCOC(=O)C1=C(C)N=c2s/c(=C/c3cccc(OC(C)=O)c3)c(=O)n2C1c1ccc(OC)cc1. The number of esters is 2. The molecule has 9 heteroatoms. The summed E-state index contributed by atoms with van der Waals surface area (Å²) in [7, 11) is 1.57. The predicted octanol–water partition coefficient (Wildman–Crippen LogP) is 2.73. The first-order valence-corrected chi connectivity index (χ1v) is 11.8. The number of allylic oxidation sites excluding steroid dienone is 1. The number of thiazole rings is 1. The van der Waals surface area contributed by atoms with Crippen LogP contribution in [0.3, 0.4) is 0 Å². The average Bonchev–Trinajstić information content (AvgIpc) is 3.12. The minimum atomic E-state index is -0.703. The number of ether oxygens (including phenoxy) is 3. The Hall–Kier alpha value is -3.98. The molecule has 1 atom stereocenters. The number of methoxy groups -OCH3 is 1. The fourth-order valence-electron chi connectivity index (χ4n) is 3.88. The summed E-state index contributed by atoms with van der Waals surface area (Å²) in [5.41, 5.74) is 1.94. The quantitative estimate of drug-likeness (QED) is 0.388. The van der Waals surface area contributed by atoms with Crippen LogP contribution in [0, 0.1) is 0 Å². The second-order valence-electron chi connectivity index (χ2n) is 7.74. The van der Waals surface area contributed by atoms with E-state index < -0.39 is 18.0 Å². The Morgan fingerprint density at radius 3 is 2.54 bits per heavy atom. The summed E-state index contributed by atoms with van der Waals surface area (Å²) in [6.07, 6.45) is 1.71. The molecule has 2 aromatic carbocycles. The first kappa shape index (κ1) is 24.2. The molecular formula is C26H24N2O6S. The molecule has 8 nitrogen and oxygen atoms in total. The van der Waals surface area contributed by atoms with Gasteiger partial charge in [-0.3, -0.25) is 14.2 Å². The van der Waals surface area contributed by atoms with Crippen molar-refractivity contribution in [2.45, 2.75) is 26.8 Å². The van der Waals surface area contributed by atoms with Gasteiger partial charge in [-0.25, -0.2) is 9.79 Å². The first-order valence-electron chi connectivity index (χ1n) is 10.9. The van der Waals surface area contributed by atoms with Crippen LogP contribution in [0.15, 0.2) is 69.6 Å². The molecule has 0 amide bonds. The van der Waals surface area contributed by atoms with Crippen molar-refractivity contribution in [1.29, 1.82) is 0 Å². The summed E-state index contributed by atoms with van der Waals surface area (Å²) in [6, 6.07) is 13.4. The second kappa shape index (κ2) is 10.1. The Labute approximate surface area is 205 Å². The van der Waals surface area contributed by atoms with Crippen molar-refractivity contribution in [2.75, 3.05) is 13.7 Å². The topological polar surface area (TPSA) is 96.2 Å². The summed E-state index contributed by atoms with van der Waals surface area (Å²) < 4.78 is 17.7. The number of carbonyl (C=O) groups is 2. The molecule has 0 bridgehead atoms. The molecule has 0 fully saturated rings. The van der Waals surface area contributed by atoms with Crippen LogP contribution in [0.4, 0.5) is 0 Å². The highest BCUT2D eigenvalue weighted by Crippen LogP contribution is 2.31. The van der Waals surface area contributed by atoms with Crippen LogP contribution >= 0.6 is 11.3 Å². The molecule has 1 unspecified atom stereocenters. The maximum atomic E-state index is 13.6. The minimum absolute atomic E-state index is 0.202. The third-order valence-electron chi connectivity index (χ3n) is 5.37. The van der Waals surface area contributed by atoms with E-state index in [2.05, 4.69) is 4.99 Å². The van der Waals surface area contributed by atoms with Gasteiger partial charge in [0.25, 0.3) is 5.56 Å². The molecule has 4 rings (SSSR count). The Balaban J connectivity index is 1.89. The monoisotopic (exact) mass is 492 g/mol. The molecule has 2 heterocycles. The zero-order valence-electron chi connectivity index (χ0n) is 19.7. The standard InChI is InChI=1S/C26H24N2O6S/c1-5-33-25(31)22-15(2)27-26-28(23(22)18-9-11-19(32-4)12-10-18)24(30)21(35-26)14-17-7-6-8-20(13-17)34-16(3)29/h6-14,23H,5H2,1-4H3/b21-14+. The molecule has 1 aromatic heterocycles. The lowest BCUT2D eigenvalue weighted by atomic mass is 9.96. The van der Waals surface area contributed by atoms with Gasteiger partial charge in [0.15, 0.2) is 4.80 Å². The second-order valence-corrected chi connectivity index (χ2v) is 8.75. The zero-order valence-corrected chi connectivity index (χ0v) is 20.5. The number of hydrogen-bond donors (Lipinski definition) is 0. The van der Waals surface area contributed by atoms with Gasteiger partial charge in [-0.15, -0.1) is 0 Å². The van der Waals surface area contributed by atoms with Crippen LogP contribution in [-0.2, 0) is 14.3 Å². The van der Waals surface area contributed by atoms with E-state index in [4.69, 9.17) is 14.2 Å². The normalized spacial score (nSPS) is 15.3. The highest BCUT2D eigenvalue weighted by molar-refractivity contribution is 7.07. The molecule has 180 valence electrons. The van der Waals surface area contributed by atoms with Crippen LogP contribution in [0.1, 0.15) is 37.9 Å². The molecule has 1 aliphatic rings. The molecule has 0 radical (unpaired) electrons. The maximum Gasteiger partial charge on any atom is 0.338 e. The number of carbonyl (C=O) groups excluding carboxylic acids is 2. The molecule has 35 heavy (non-hydrogen) atoms. The molecule has 0 N–H and O–H groups in total. The van der Waals surface area contributed by atoms with Crippen molar-refractivity contribution < 1.29 is 23.8 Å². The first-order chi connectivity index (χ1) is 16.8. The van der Waals surface area contributed by atoms with Crippen molar-refractivity contribution in [1.82, 2.24) is 4.57 Å². The Kier molecular flexibility index (Phi) is 6.97. The van der Waals surface area contributed by atoms with Crippen LogP contribution < -0.4 is 24.4 Å². The third-order valence-corrected chi connectivity index (χ3v) is 6.35. The van der Waals surface area contributed by atoms with Gasteiger partial charge in [0.05, 0.1) is 35.6 Å². The number of rotatable bonds is 6. The number of hydrogen-bond acceptors (Lipinski definition) is 8. The van der Waals surface area contributed by atoms with E-state index in [9.17, 15) is 14.4 Å². The third kappa shape index (κ3) is 4.95. The molecule has 0 aliphatic carbocycles. The number of aromatic nitrogens is 1. The lowest BCUT2D eigenvalue weighted by Crippen LogP contribution is -2.39. The summed E-state index contributed by atoms with van der Waals surface area (Å²) >= 11 is 1.22. The molecule has 0 saturated carbocycles. The highest BCUT2D eigenvalue weighted by atomic mass is 32.1. The lowest BCUT2D eigenvalue weighted by Gasteiger charge is -2.24. The van der Waals surface area contributed by atoms with Crippen LogP contribution in [0.2, 0.25) is 0 Å². The summed E-state index contributed by atoms with van der Waals surface area (Å²) in [4.78, 5) is 42.9. The summed E-state index contributed by atoms with van der Waals surface area (Å²) in [5.74, 6) is 0.101. The lowest BCUT2D eigenvalue weighted by molar-refractivity contribution is -0.139. The highest BCUT2D eigenvalue weighted by Gasteiger charge is 2.33. The zero-order chi connectivity index (χ0) is 25.1. The van der Waals surface area contributed by atoms with Gasteiger partial charge in [-0.05, 0) is 55.3 Å². The van der Waals surface area contributed by atoms with Crippen LogP contribution in [-0.4, -0.2) is 30.2 Å². The van der Waals surface area contributed by atoms with E-state index in [-0.39, 0.29) is 12.2 Å². The van der Waals surface area contributed by atoms with E-state index in [1.807, 2.05) is 12.1 Å². The van der Waals surface area contributed by atoms with E-state index >= 15 is 0 Å². The van der Waals surface area contributed by atoms with Crippen molar-refractivity contribution >= 4 is 29.4 Å². The Morgan fingerprint density at radius 2 is 1.89 bits per heavy atom. The maximum absolute atomic E-state index is 13.6. The molecule has 1 aliphatic heterocycles. The van der Waals surface area contributed by atoms with Gasteiger partial charge in [-0.1, -0.05) is 35.6 Å². The van der Waals surface area contributed by atoms with E-state index in [1.165, 1.54) is 22.8 Å². The summed E-state index contributed by atoms with van der Waals surface area (Å²) in [6.45, 7) is 5.00. The predicted molar refractivity (Wildman–Crippen MR) is 131 cm³/mol. The fourth-order valence-corrected chi connectivity index (χ4v) is 4.92. The smallest absolute Gasteiger partial charge is 0.338 e. The van der Waals surface area contributed by atoms with Gasteiger partial charge in [-0.2, -0.15) is 0 Å². The van der Waals surface area contributed by atoms with Gasteiger partial charge in [0.1, 0.15) is 11.5 Å². The van der Waals surface area contributed by atoms with Crippen molar-refractivity contribution in [2.24, 2.45) is 4.99 Å². The number of benzene rings is 2. The van der Waals surface area contributed by atoms with Gasteiger partial charge in [0.2, 0.25) is 0 Å². The van der Waals surface area contributed by atoms with Crippen LogP contribution in [0.5, 0.6) is 11.5 Å². The number of fused-ring (bicyclic) bond motifs is 1. The molecule has 0 saturated heterocycles. The minimum Gasteiger partial charge on any atom is -0.497 e. The van der Waals surface area contributed by atoms with Gasteiger partial charge >= 0.3 is 11.9 Å². The fraction of sp³-hybridized carbons (Fsp3) is 0.231. The van der Waals surface area contributed by atoms with Gasteiger partial charge in [0, 0.05) is 6.92 Å². The molecule has 0 spiro atoms. The molecule has 3 aromatic rings. The number of nitrogens with zero attached hydrogens (tertiary/aromatic N) is 2. The van der Waals surface area contributed by atoms with Crippen molar-refractivity contribution in [3.8, 4) is 11.5 Å². The average molecular weight is 493 g/mol. The van der Waals surface area contributed by atoms with Gasteiger partial charge < -0.3 is 14.2 Å². The Bertz CT molecular complexity index is 1500. The van der Waals surface area contributed by atoms with E-state index in [1.54, 1.807) is 63.4 Å². The van der Waals surface area contributed by atoms with E-state index in [0.717, 1.165) is 5.56 Å². The van der Waals surface area contributed by atoms with Crippen molar-refractivity contribution in [3.05, 3.63) is 90.6 Å². The largest absolute Gasteiger partial charge is 0.497 e. The van der Waals surface area contributed by atoms with Crippen LogP contribution in [0.25, 0.3) is 6.08 Å². The summed E-state index contributed by atoms with van der Waals surface area (Å²) in [5, 5.41) is 0. The Morgan fingerprint density at radius 1 is 1.14 bits per heavy atom. The molecular weight excluding hydrogens is 468 g/mol. The van der Waals surface area contributed by atoms with Crippen molar-refractivity contribution in [3.63, 3.8) is 0 Å².